The van der Waals surface area contributed by atoms with Gasteiger partial charge in [0, 0.05) is 7.05 Å². The first-order valence-corrected chi connectivity index (χ1v) is 3.96. The number of rotatable bonds is 3. The van der Waals surface area contributed by atoms with E-state index in [-0.39, 0.29) is 12.6 Å². The second kappa shape index (κ2) is 4.13. The van der Waals surface area contributed by atoms with Gasteiger partial charge in [0.1, 0.15) is 0 Å². The molecule has 0 aliphatic rings. The van der Waals surface area contributed by atoms with Crippen LogP contribution in [0.5, 0.6) is 0 Å². The summed E-state index contributed by atoms with van der Waals surface area (Å²) in [6, 6.07) is -0.0783. The van der Waals surface area contributed by atoms with Gasteiger partial charge in [0.15, 0.2) is 5.82 Å². The number of aliphatic hydroxyl groups is 1. The Labute approximate surface area is 76.1 Å². The Balaban J connectivity index is 2.77. The summed E-state index contributed by atoms with van der Waals surface area (Å²) in [5.74, 6) is -0.0586. The van der Waals surface area contributed by atoms with E-state index >= 15 is 0 Å². The van der Waals surface area contributed by atoms with E-state index in [2.05, 4.69) is 9.97 Å². The van der Waals surface area contributed by atoms with Gasteiger partial charge in [-0.1, -0.05) is 0 Å². The molecule has 5 heteroatoms. The van der Waals surface area contributed by atoms with Crippen molar-refractivity contribution in [2.45, 2.75) is 13.0 Å². The van der Waals surface area contributed by atoms with Crippen molar-refractivity contribution in [2.24, 2.45) is 0 Å². The largest absolute Gasteiger partial charge is 0.394 e. The summed E-state index contributed by atoms with van der Waals surface area (Å²) < 4.78 is 12.4. The topological polar surface area (TPSA) is 49.2 Å². The number of nitrogens with zero attached hydrogens (tertiary/aromatic N) is 3. The first-order chi connectivity index (χ1) is 6.15. The van der Waals surface area contributed by atoms with Crippen molar-refractivity contribution in [1.82, 2.24) is 9.97 Å². The summed E-state index contributed by atoms with van der Waals surface area (Å²) in [5, 5.41) is 8.85. The van der Waals surface area contributed by atoms with Gasteiger partial charge in [-0.25, -0.2) is 14.4 Å². The standard InChI is InChI=1S/C8H12FN3O/c1-6(5-13)12(2)8-10-3-7(9)4-11-8/h3-4,6,13H,5H2,1-2H3. The highest BCUT2D eigenvalue weighted by atomic mass is 19.1. The van der Waals surface area contributed by atoms with Crippen LogP contribution in [0.2, 0.25) is 0 Å². The van der Waals surface area contributed by atoms with Crippen molar-refractivity contribution in [3.05, 3.63) is 18.2 Å². The van der Waals surface area contributed by atoms with Crippen LogP contribution in [0.25, 0.3) is 0 Å². The molecule has 1 aromatic heterocycles. The van der Waals surface area contributed by atoms with Gasteiger partial charge in [-0.05, 0) is 6.92 Å². The number of hydrogen-bond acceptors (Lipinski definition) is 4. The van der Waals surface area contributed by atoms with Crippen LogP contribution in [-0.2, 0) is 0 Å². The van der Waals surface area contributed by atoms with Crippen molar-refractivity contribution in [3.63, 3.8) is 0 Å². The summed E-state index contributed by atoms with van der Waals surface area (Å²) in [4.78, 5) is 9.23. The highest BCUT2D eigenvalue weighted by Gasteiger charge is 2.10. The van der Waals surface area contributed by atoms with Crippen LogP contribution in [0.15, 0.2) is 12.4 Å². The Morgan fingerprint density at radius 1 is 1.54 bits per heavy atom. The number of hydrogen-bond donors (Lipinski definition) is 1. The lowest BCUT2D eigenvalue weighted by Gasteiger charge is -2.22. The van der Waals surface area contributed by atoms with Gasteiger partial charge < -0.3 is 10.0 Å². The third-order valence-electron chi connectivity index (χ3n) is 1.85. The summed E-state index contributed by atoms with van der Waals surface area (Å²) in [6.45, 7) is 1.84. The first kappa shape index (κ1) is 9.85. The molecular weight excluding hydrogens is 173 g/mol. The van der Waals surface area contributed by atoms with Crippen molar-refractivity contribution < 1.29 is 9.50 Å². The number of aromatic nitrogens is 2. The molecule has 1 heterocycles. The zero-order valence-electron chi connectivity index (χ0n) is 7.61. The molecule has 72 valence electrons. The molecule has 0 aromatic carbocycles. The first-order valence-electron chi connectivity index (χ1n) is 3.96. The molecule has 0 saturated carbocycles. The van der Waals surface area contributed by atoms with Gasteiger partial charge >= 0.3 is 0 Å². The van der Waals surface area contributed by atoms with Gasteiger partial charge in [-0.15, -0.1) is 0 Å². The molecule has 0 saturated heterocycles. The lowest BCUT2D eigenvalue weighted by molar-refractivity contribution is 0.269. The van der Waals surface area contributed by atoms with E-state index in [1.807, 2.05) is 6.92 Å². The molecule has 1 N–H and O–H groups in total. The lowest BCUT2D eigenvalue weighted by Crippen LogP contribution is -2.33. The molecule has 1 aromatic rings. The zero-order chi connectivity index (χ0) is 9.84. The predicted molar refractivity (Wildman–Crippen MR) is 46.9 cm³/mol. The molecule has 0 radical (unpaired) electrons. The second-order valence-electron chi connectivity index (χ2n) is 2.84. The van der Waals surface area contributed by atoms with E-state index in [1.165, 1.54) is 0 Å². The molecule has 0 amide bonds. The number of aliphatic hydroxyl groups excluding tert-OH is 1. The fourth-order valence-electron chi connectivity index (χ4n) is 0.807. The minimum Gasteiger partial charge on any atom is -0.394 e. The van der Waals surface area contributed by atoms with Crippen LogP contribution in [0.4, 0.5) is 10.3 Å². The predicted octanol–water partition coefficient (Wildman–Crippen LogP) is 0.433. The summed E-state index contributed by atoms with van der Waals surface area (Å²) in [7, 11) is 1.74. The Bertz CT molecular complexity index is 265. The average Bonchev–Trinajstić information content (AvgIpc) is 2.17. The van der Waals surface area contributed by atoms with E-state index in [9.17, 15) is 4.39 Å². The summed E-state index contributed by atoms with van der Waals surface area (Å²) >= 11 is 0. The van der Waals surface area contributed by atoms with E-state index < -0.39 is 5.82 Å². The van der Waals surface area contributed by atoms with Crippen LogP contribution >= 0.6 is 0 Å². The van der Waals surface area contributed by atoms with Gasteiger partial charge in [-0.3, -0.25) is 0 Å². The van der Waals surface area contributed by atoms with E-state index in [1.54, 1.807) is 11.9 Å². The Morgan fingerprint density at radius 3 is 2.54 bits per heavy atom. The van der Waals surface area contributed by atoms with Gasteiger partial charge in [0.05, 0.1) is 25.0 Å². The Hall–Kier alpha value is -1.23. The highest BCUT2D eigenvalue weighted by molar-refractivity contribution is 5.28. The SMILES string of the molecule is CC(CO)N(C)c1ncc(F)cn1. The van der Waals surface area contributed by atoms with Crippen LogP contribution in [0.3, 0.4) is 0 Å². The van der Waals surface area contributed by atoms with Crippen LogP contribution in [-0.4, -0.2) is 34.8 Å². The van der Waals surface area contributed by atoms with Gasteiger partial charge in [0.2, 0.25) is 5.95 Å². The van der Waals surface area contributed by atoms with E-state index in [4.69, 9.17) is 5.11 Å². The molecule has 4 nitrogen and oxygen atoms in total. The second-order valence-corrected chi connectivity index (χ2v) is 2.84. The molecule has 1 unspecified atom stereocenters. The van der Waals surface area contributed by atoms with Crippen LogP contribution in [0.1, 0.15) is 6.92 Å². The molecule has 0 fully saturated rings. The van der Waals surface area contributed by atoms with Crippen LogP contribution < -0.4 is 4.90 Å². The molecule has 1 rings (SSSR count). The maximum absolute atomic E-state index is 12.4. The average molecular weight is 185 g/mol. The normalized spacial score (nSPS) is 12.6. The third-order valence-corrected chi connectivity index (χ3v) is 1.85. The Kier molecular flexibility index (Phi) is 3.13. The van der Waals surface area contributed by atoms with Crippen molar-refractivity contribution in [2.75, 3.05) is 18.6 Å². The summed E-state index contributed by atoms with van der Waals surface area (Å²) in [5.41, 5.74) is 0. The van der Waals surface area contributed by atoms with E-state index in [0.717, 1.165) is 12.4 Å². The minimum atomic E-state index is -0.464. The lowest BCUT2D eigenvalue weighted by atomic mass is 10.3. The molecule has 1 atom stereocenters. The number of anilines is 1. The number of halogens is 1. The molecule has 0 aliphatic heterocycles. The van der Waals surface area contributed by atoms with Gasteiger partial charge in [0.25, 0.3) is 0 Å². The highest BCUT2D eigenvalue weighted by Crippen LogP contribution is 2.07. The molecular formula is C8H12FN3O. The third kappa shape index (κ3) is 2.35. The fourth-order valence-corrected chi connectivity index (χ4v) is 0.807. The Morgan fingerprint density at radius 2 is 2.08 bits per heavy atom. The molecule has 0 aliphatic carbocycles. The van der Waals surface area contributed by atoms with Gasteiger partial charge in [-0.2, -0.15) is 0 Å². The van der Waals surface area contributed by atoms with E-state index in [0.29, 0.717) is 5.95 Å². The number of likely N-dealkylation sites (N-methyl/N-ethyl adjacent to an activating group) is 1. The molecule has 0 spiro atoms. The van der Waals surface area contributed by atoms with Crippen molar-refractivity contribution in [1.29, 1.82) is 0 Å². The minimum absolute atomic E-state index is 0.0111. The maximum Gasteiger partial charge on any atom is 0.225 e. The van der Waals surface area contributed by atoms with Crippen molar-refractivity contribution in [3.8, 4) is 0 Å². The smallest absolute Gasteiger partial charge is 0.225 e. The van der Waals surface area contributed by atoms with Crippen molar-refractivity contribution >= 4 is 5.95 Å². The monoisotopic (exact) mass is 185 g/mol. The molecule has 13 heavy (non-hydrogen) atoms. The zero-order valence-corrected chi connectivity index (χ0v) is 7.61. The maximum atomic E-state index is 12.4. The molecule has 0 bridgehead atoms. The fraction of sp³-hybridized carbons (Fsp3) is 0.500. The quantitative estimate of drug-likeness (QED) is 0.742. The summed E-state index contributed by atoms with van der Waals surface area (Å²) in [6.07, 6.45) is 2.20. The van der Waals surface area contributed by atoms with Crippen LogP contribution in [0, 0.1) is 5.82 Å².